The third-order valence-corrected chi connectivity index (χ3v) is 4.44. The second-order valence-corrected chi connectivity index (χ2v) is 6.08. The Bertz CT molecular complexity index is 453. The zero-order chi connectivity index (χ0) is 13.9. The van der Waals surface area contributed by atoms with Crippen molar-refractivity contribution in [2.45, 2.75) is 32.6 Å². The van der Waals surface area contributed by atoms with Crippen LogP contribution >= 0.6 is 11.8 Å². The normalized spacial score (nSPS) is 11.4. The molecular formula is C14H20O3S. The molecule has 100 valence electrons. The van der Waals surface area contributed by atoms with Gasteiger partial charge < -0.3 is 9.84 Å². The Morgan fingerprint density at radius 3 is 2.50 bits per heavy atom. The maximum absolute atomic E-state index is 11.1. The molecule has 0 radical (unpaired) electrons. The highest BCUT2D eigenvalue weighted by atomic mass is 32.2. The lowest BCUT2D eigenvalue weighted by molar-refractivity contribution is -0.145. The fraction of sp³-hybridized carbons (Fsp3) is 0.500. The molecule has 0 bridgehead atoms. The van der Waals surface area contributed by atoms with E-state index in [0.717, 1.165) is 21.8 Å². The molecule has 0 aliphatic heterocycles. The zero-order valence-electron chi connectivity index (χ0n) is 11.5. The molecule has 3 nitrogen and oxygen atoms in total. The summed E-state index contributed by atoms with van der Waals surface area (Å²) >= 11 is 1.54. The number of carbonyl (C=O) groups is 1. The maximum Gasteiger partial charge on any atom is 0.309 e. The lowest BCUT2D eigenvalue weighted by atomic mass is 9.97. The summed E-state index contributed by atoms with van der Waals surface area (Å²) in [7, 11) is 1.64. The summed E-state index contributed by atoms with van der Waals surface area (Å²) in [6.45, 7) is 7.51. The van der Waals surface area contributed by atoms with Crippen molar-refractivity contribution in [2.24, 2.45) is 5.41 Å². The van der Waals surface area contributed by atoms with Gasteiger partial charge in [0.15, 0.2) is 0 Å². The van der Waals surface area contributed by atoms with Crippen LogP contribution in [0.2, 0.25) is 0 Å². The monoisotopic (exact) mass is 268 g/mol. The standard InChI is InChI=1S/C14H20O3S/c1-9-6-10(2)12(11(7-9)17-5)18-8-14(3,4)13(15)16/h6-7H,8H2,1-5H3,(H,15,16). The number of aliphatic carboxylic acids is 1. The predicted octanol–water partition coefficient (Wildman–Crippen LogP) is 3.51. The Hall–Kier alpha value is -1.16. The third-order valence-electron chi connectivity index (χ3n) is 2.76. The second-order valence-electron chi connectivity index (χ2n) is 5.09. The molecule has 1 N–H and O–H groups in total. The number of benzene rings is 1. The van der Waals surface area contributed by atoms with Gasteiger partial charge in [0.25, 0.3) is 0 Å². The molecule has 1 rings (SSSR count). The molecule has 0 aliphatic carbocycles. The Labute approximate surface area is 113 Å². The average Bonchev–Trinajstić information content (AvgIpc) is 2.26. The maximum atomic E-state index is 11.1. The Morgan fingerprint density at radius 1 is 1.39 bits per heavy atom. The summed E-state index contributed by atoms with van der Waals surface area (Å²) in [6, 6.07) is 4.06. The molecule has 18 heavy (non-hydrogen) atoms. The van der Waals surface area contributed by atoms with Crippen LogP contribution in [0.3, 0.4) is 0 Å². The van der Waals surface area contributed by atoms with E-state index in [1.165, 1.54) is 11.8 Å². The van der Waals surface area contributed by atoms with E-state index in [1.54, 1.807) is 21.0 Å². The zero-order valence-corrected chi connectivity index (χ0v) is 12.4. The first-order chi connectivity index (χ1) is 8.27. The molecule has 0 fully saturated rings. The molecule has 1 aromatic carbocycles. The summed E-state index contributed by atoms with van der Waals surface area (Å²) in [6.07, 6.45) is 0. The Kier molecular flexibility index (Phi) is 4.68. The minimum Gasteiger partial charge on any atom is -0.496 e. The number of methoxy groups -OCH3 is 1. The Balaban J connectivity index is 2.95. The third kappa shape index (κ3) is 3.42. The molecule has 0 spiro atoms. The molecule has 0 heterocycles. The molecule has 4 heteroatoms. The number of ether oxygens (including phenoxy) is 1. The fourth-order valence-electron chi connectivity index (χ4n) is 1.57. The van der Waals surface area contributed by atoms with Crippen LogP contribution in [0.25, 0.3) is 0 Å². The van der Waals surface area contributed by atoms with E-state index in [9.17, 15) is 4.79 Å². The van der Waals surface area contributed by atoms with Crippen molar-refractivity contribution in [1.82, 2.24) is 0 Å². The van der Waals surface area contributed by atoms with Crippen molar-refractivity contribution < 1.29 is 14.6 Å². The first-order valence-corrected chi connectivity index (χ1v) is 6.78. The smallest absolute Gasteiger partial charge is 0.309 e. The summed E-state index contributed by atoms with van der Waals surface area (Å²) in [4.78, 5) is 12.1. The van der Waals surface area contributed by atoms with Crippen LogP contribution < -0.4 is 4.74 Å². The van der Waals surface area contributed by atoms with Gasteiger partial charge in [0.2, 0.25) is 0 Å². The highest BCUT2D eigenvalue weighted by molar-refractivity contribution is 7.99. The number of hydrogen-bond acceptors (Lipinski definition) is 3. The molecule has 0 amide bonds. The molecule has 0 aromatic heterocycles. The number of aryl methyl sites for hydroxylation is 2. The van der Waals surface area contributed by atoms with Crippen LogP contribution in [0.15, 0.2) is 17.0 Å². The van der Waals surface area contributed by atoms with E-state index in [4.69, 9.17) is 9.84 Å². The van der Waals surface area contributed by atoms with Crippen LogP contribution in [-0.2, 0) is 4.79 Å². The van der Waals surface area contributed by atoms with Crippen molar-refractivity contribution in [3.8, 4) is 5.75 Å². The Morgan fingerprint density at radius 2 is 2.00 bits per heavy atom. The van der Waals surface area contributed by atoms with Crippen LogP contribution in [0.1, 0.15) is 25.0 Å². The topological polar surface area (TPSA) is 46.5 Å². The summed E-state index contributed by atoms with van der Waals surface area (Å²) in [5.74, 6) is 0.556. The minimum absolute atomic E-state index is 0.516. The van der Waals surface area contributed by atoms with E-state index in [2.05, 4.69) is 6.07 Å². The summed E-state index contributed by atoms with van der Waals surface area (Å²) in [5.41, 5.74) is 1.52. The van der Waals surface area contributed by atoms with Gasteiger partial charge in [-0.05, 0) is 44.9 Å². The van der Waals surface area contributed by atoms with Gasteiger partial charge in [-0.1, -0.05) is 6.07 Å². The highest BCUT2D eigenvalue weighted by Gasteiger charge is 2.27. The van der Waals surface area contributed by atoms with Crippen molar-refractivity contribution in [3.05, 3.63) is 23.3 Å². The van der Waals surface area contributed by atoms with E-state index in [-0.39, 0.29) is 0 Å². The van der Waals surface area contributed by atoms with Gasteiger partial charge in [-0.3, -0.25) is 4.79 Å². The minimum atomic E-state index is -0.779. The molecule has 0 atom stereocenters. The van der Waals surface area contributed by atoms with Crippen molar-refractivity contribution >= 4 is 17.7 Å². The van der Waals surface area contributed by atoms with E-state index >= 15 is 0 Å². The molecule has 0 saturated carbocycles. The fourth-order valence-corrected chi connectivity index (χ4v) is 2.77. The van der Waals surface area contributed by atoms with Crippen LogP contribution in [0, 0.1) is 19.3 Å². The lowest BCUT2D eigenvalue weighted by Gasteiger charge is -2.20. The van der Waals surface area contributed by atoms with Gasteiger partial charge in [-0.15, -0.1) is 11.8 Å². The first kappa shape index (κ1) is 14.9. The quantitative estimate of drug-likeness (QED) is 0.830. The molecule has 0 saturated heterocycles. The predicted molar refractivity (Wildman–Crippen MR) is 74.6 cm³/mol. The van der Waals surface area contributed by atoms with E-state index < -0.39 is 11.4 Å². The van der Waals surface area contributed by atoms with Crippen molar-refractivity contribution in [1.29, 1.82) is 0 Å². The van der Waals surface area contributed by atoms with Crippen LogP contribution in [0.5, 0.6) is 5.75 Å². The number of carboxylic acids is 1. The van der Waals surface area contributed by atoms with Gasteiger partial charge in [0.05, 0.1) is 17.4 Å². The van der Waals surface area contributed by atoms with Gasteiger partial charge >= 0.3 is 5.97 Å². The van der Waals surface area contributed by atoms with Gasteiger partial charge in [0.1, 0.15) is 5.75 Å². The van der Waals surface area contributed by atoms with Gasteiger partial charge in [-0.25, -0.2) is 0 Å². The number of rotatable bonds is 5. The van der Waals surface area contributed by atoms with Gasteiger partial charge in [0, 0.05) is 5.75 Å². The number of hydrogen-bond donors (Lipinski definition) is 1. The van der Waals surface area contributed by atoms with Crippen molar-refractivity contribution in [3.63, 3.8) is 0 Å². The molecule has 0 unspecified atom stereocenters. The molecule has 1 aromatic rings. The number of carboxylic acid groups (broad SMARTS) is 1. The largest absolute Gasteiger partial charge is 0.496 e. The van der Waals surface area contributed by atoms with Crippen LogP contribution in [0.4, 0.5) is 0 Å². The summed E-state index contributed by atoms with van der Waals surface area (Å²) < 4.78 is 5.36. The van der Waals surface area contributed by atoms with E-state index in [0.29, 0.717) is 5.75 Å². The summed E-state index contributed by atoms with van der Waals surface area (Å²) in [5, 5.41) is 9.11. The SMILES string of the molecule is COc1cc(C)cc(C)c1SCC(C)(C)C(=O)O. The van der Waals surface area contributed by atoms with Crippen molar-refractivity contribution in [2.75, 3.05) is 12.9 Å². The second kappa shape index (κ2) is 5.65. The lowest BCUT2D eigenvalue weighted by Crippen LogP contribution is -2.26. The average molecular weight is 268 g/mol. The van der Waals surface area contributed by atoms with Gasteiger partial charge in [-0.2, -0.15) is 0 Å². The highest BCUT2D eigenvalue weighted by Crippen LogP contribution is 2.37. The number of thioether (sulfide) groups is 1. The first-order valence-electron chi connectivity index (χ1n) is 5.79. The molecule has 0 aliphatic rings. The van der Waals surface area contributed by atoms with Crippen LogP contribution in [-0.4, -0.2) is 23.9 Å². The molecular weight excluding hydrogens is 248 g/mol. The van der Waals surface area contributed by atoms with E-state index in [1.807, 2.05) is 19.9 Å².